The van der Waals surface area contributed by atoms with Crippen LogP contribution in [0.5, 0.6) is 11.5 Å². The predicted octanol–water partition coefficient (Wildman–Crippen LogP) is 3.35. The second kappa shape index (κ2) is 9.56. The largest absolute Gasteiger partial charge is 0.493 e. The smallest absolute Gasteiger partial charge is 0.306 e. The lowest BCUT2D eigenvalue weighted by molar-refractivity contribution is -0.153. The van der Waals surface area contributed by atoms with Crippen molar-refractivity contribution in [1.29, 1.82) is 0 Å². The van der Waals surface area contributed by atoms with Crippen LogP contribution in [0, 0.1) is 5.82 Å². The Morgan fingerprint density at radius 3 is 2.48 bits per heavy atom. The minimum absolute atomic E-state index is 0.104. The molecule has 27 heavy (non-hydrogen) atoms. The molecular formula is C20H22FNO5. The van der Waals surface area contributed by atoms with E-state index in [1.165, 1.54) is 32.2 Å². The number of hydrogen-bond acceptors (Lipinski definition) is 5. The normalized spacial score (nSPS) is 11.4. The van der Waals surface area contributed by atoms with Gasteiger partial charge in [-0.25, -0.2) is 4.39 Å². The number of aryl methyl sites for hydroxylation is 1. The molecule has 2 aromatic carbocycles. The molecule has 0 unspecified atom stereocenters. The number of nitrogens with one attached hydrogen (secondary N) is 1. The monoisotopic (exact) mass is 375 g/mol. The minimum Gasteiger partial charge on any atom is -0.493 e. The van der Waals surface area contributed by atoms with Crippen molar-refractivity contribution >= 4 is 17.6 Å². The van der Waals surface area contributed by atoms with Crippen LogP contribution < -0.4 is 14.8 Å². The predicted molar refractivity (Wildman–Crippen MR) is 98.5 cm³/mol. The SMILES string of the molecule is COc1ccc(CCC(=O)O[C@@H](C)C(=O)Nc2cccc(F)c2)cc1OC. The van der Waals surface area contributed by atoms with E-state index >= 15 is 0 Å². The summed E-state index contributed by atoms with van der Waals surface area (Å²) in [5.74, 6) is -0.322. The van der Waals surface area contributed by atoms with E-state index in [-0.39, 0.29) is 6.42 Å². The number of halogens is 1. The summed E-state index contributed by atoms with van der Waals surface area (Å²) < 4.78 is 28.7. The average Bonchev–Trinajstić information content (AvgIpc) is 2.66. The number of anilines is 1. The number of benzene rings is 2. The maximum absolute atomic E-state index is 13.1. The molecule has 0 aliphatic rings. The van der Waals surface area contributed by atoms with Crippen LogP contribution in [0.2, 0.25) is 0 Å². The maximum atomic E-state index is 13.1. The molecular weight excluding hydrogens is 353 g/mol. The van der Waals surface area contributed by atoms with Gasteiger partial charge in [0.1, 0.15) is 5.82 Å². The molecule has 0 fully saturated rings. The fraction of sp³-hybridized carbons (Fsp3) is 0.300. The Labute approximate surface area is 157 Å². The first-order valence-electron chi connectivity index (χ1n) is 8.39. The van der Waals surface area contributed by atoms with Crippen molar-refractivity contribution in [2.24, 2.45) is 0 Å². The molecule has 1 amide bonds. The number of carbonyl (C=O) groups is 2. The van der Waals surface area contributed by atoms with Crippen molar-refractivity contribution in [3.05, 3.63) is 53.8 Å². The van der Waals surface area contributed by atoms with Gasteiger partial charge in [-0.1, -0.05) is 12.1 Å². The molecule has 7 heteroatoms. The van der Waals surface area contributed by atoms with Gasteiger partial charge >= 0.3 is 5.97 Å². The van der Waals surface area contributed by atoms with Gasteiger partial charge in [0, 0.05) is 12.1 Å². The van der Waals surface area contributed by atoms with Crippen molar-refractivity contribution in [2.45, 2.75) is 25.9 Å². The summed E-state index contributed by atoms with van der Waals surface area (Å²) in [4.78, 5) is 24.0. The van der Waals surface area contributed by atoms with Gasteiger partial charge in [-0.05, 0) is 49.2 Å². The lowest BCUT2D eigenvalue weighted by Gasteiger charge is -2.14. The zero-order chi connectivity index (χ0) is 19.8. The summed E-state index contributed by atoms with van der Waals surface area (Å²) in [5.41, 5.74) is 1.18. The van der Waals surface area contributed by atoms with Gasteiger partial charge in [0.05, 0.1) is 14.2 Å². The lowest BCUT2D eigenvalue weighted by Crippen LogP contribution is -2.30. The fourth-order valence-electron chi connectivity index (χ4n) is 2.40. The Bertz CT molecular complexity index is 809. The highest BCUT2D eigenvalue weighted by Crippen LogP contribution is 2.28. The third kappa shape index (κ3) is 5.99. The summed E-state index contributed by atoms with van der Waals surface area (Å²) in [5, 5.41) is 2.50. The van der Waals surface area contributed by atoms with E-state index in [1.54, 1.807) is 25.3 Å². The lowest BCUT2D eigenvalue weighted by atomic mass is 10.1. The van der Waals surface area contributed by atoms with Gasteiger partial charge in [0.2, 0.25) is 0 Å². The molecule has 0 bridgehead atoms. The van der Waals surface area contributed by atoms with Crippen LogP contribution in [-0.4, -0.2) is 32.2 Å². The number of methoxy groups -OCH3 is 2. The molecule has 6 nitrogen and oxygen atoms in total. The molecule has 0 aromatic heterocycles. The van der Waals surface area contributed by atoms with E-state index < -0.39 is 23.8 Å². The van der Waals surface area contributed by atoms with Crippen LogP contribution >= 0.6 is 0 Å². The van der Waals surface area contributed by atoms with Gasteiger partial charge in [0.25, 0.3) is 5.91 Å². The zero-order valence-electron chi connectivity index (χ0n) is 15.5. The van der Waals surface area contributed by atoms with Gasteiger partial charge in [0.15, 0.2) is 17.6 Å². The highest BCUT2D eigenvalue weighted by molar-refractivity contribution is 5.95. The van der Waals surface area contributed by atoms with E-state index in [2.05, 4.69) is 5.32 Å². The fourth-order valence-corrected chi connectivity index (χ4v) is 2.40. The highest BCUT2D eigenvalue weighted by atomic mass is 19.1. The topological polar surface area (TPSA) is 73.9 Å². The number of ether oxygens (including phenoxy) is 3. The Balaban J connectivity index is 1.85. The van der Waals surface area contributed by atoms with E-state index in [4.69, 9.17) is 14.2 Å². The second-order valence-electron chi connectivity index (χ2n) is 5.82. The molecule has 0 saturated carbocycles. The van der Waals surface area contributed by atoms with Gasteiger partial charge < -0.3 is 19.5 Å². The first-order valence-corrected chi connectivity index (χ1v) is 8.39. The van der Waals surface area contributed by atoms with Gasteiger partial charge in [-0.3, -0.25) is 9.59 Å². The molecule has 0 saturated heterocycles. The Kier molecular flexibility index (Phi) is 7.16. The number of amides is 1. The number of esters is 1. The summed E-state index contributed by atoms with van der Waals surface area (Å²) in [7, 11) is 3.08. The number of rotatable bonds is 8. The number of carbonyl (C=O) groups excluding carboxylic acids is 2. The summed E-state index contributed by atoms with van der Waals surface area (Å²) in [6.07, 6.45) is -0.462. The van der Waals surface area contributed by atoms with Gasteiger partial charge in [-0.15, -0.1) is 0 Å². The van der Waals surface area contributed by atoms with Gasteiger partial charge in [-0.2, -0.15) is 0 Å². The molecule has 2 rings (SSSR count). The molecule has 1 N–H and O–H groups in total. The standard InChI is InChI=1S/C20H22FNO5/c1-13(20(24)22-16-6-4-5-15(21)12-16)27-19(23)10-8-14-7-9-17(25-2)18(11-14)26-3/h4-7,9,11-13H,8,10H2,1-3H3,(H,22,24)/t13-/m0/s1. The molecule has 0 heterocycles. The van der Waals surface area contributed by atoms with E-state index in [0.717, 1.165) is 5.56 Å². The molecule has 1 atom stereocenters. The van der Waals surface area contributed by atoms with Crippen molar-refractivity contribution < 1.29 is 28.2 Å². The van der Waals surface area contributed by atoms with Crippen LogP contribution in [-0.2, 0) is 20.7 Å². The molecule has 0 aliphatic carbocycles. The first kappa shape index (κ1) is 20.2. The third-order valence-corrected chi connectivity index (χ3v) is 3.84. The van der Waals surface area contributed by atoms with E-state index in [9.17, 15) is 14.0 Å². The Hall–Kier alpha value is -3.09. The maximum Gasteiger partial charge on any atom is 0.306 e. The third-order valence-electron chi connectivity index (χ3n) is 3.84. The molecule has 0 aliphatic heterocycles. The van der Waals surface area contributed by atoms with Crippen molar-refractivity contribution in [3.8, 4) is 11.5 Å². The highest BCUT2D eigenvalue weighted by Gasteiger charge is 2.18. The van der Waals surface area contributed by atoms with Crippen LogP contribution in [0.3, 0.4) is 0 Å². The molecule has 2 aromatic rings. The Morgan fingerprint density at radius 2 is 1.81 bits per heavy atom. The van der Waals surface area contributed by atoms with Crippen molar-refractivity contribution in [1.82, 2.24) is 0 Å². The first-order chi connectivity index (χ1) is 12.9. The summed E-state index contributed by atoms with van der Waals surface area (Å²) >= 11 is 0. The summed E-state index contributed by atoms with van der Waals surface area (Å²) in [6, 6.07) is 10.9. The van der Waals surface area contributed by atoms with Crippen LogP contribution in [0.1, 0.15) is 18.9 Å². The quantitative estimate of drug-likeness (QED) is 0.717. The second-order valence-corrected chi connectivity index (χ2v) is 5.82. The van der Waals surface area contributed by atoms with Crippen LogP contribution in [0.15, 0.2) is 42.5 Å². The molecule has 144 valence electrons. The van der Waals surface area contributed by atoms with E-state index in [1.807, 2.05) is 6.07 Å². The van der Waals surface area contributed by atoms with Crippen LogP contribution in [0.25, 0.3) is 0 Å². The molecule has 0 radical (unpaired) electrons. The average molecular weight is 375 g/mol. The van der Waals surface area contributed by atoms with Crippen LogP contribution in [0.4, 0.5) is 10.1 Å². The minimum atomic E-state index is -0.994. The Morgan fingerprint density at radius 1 is 1.07 bits per heavy atom. The van der Waals surface area contributed by atoms with Crippen molar-refractivity contribution in [3.63, 3.8) is 0 Å². The molecule has 0 spiro atoms. The zero-order valence-corrected chi connectivity index (χ0v) is 15.5. The number of hydrogen-bond donors (Lipinski definition) is 1. The van der Waals surface area contributed by atoms with E-state index in [0.29, 0.717) is 23.6 Å². The summed E-state index contributed by atoms with van der Waals surface area (Å²) in [6.45, 7) is 1.46. The van der Waals surface area contributed by atoms with Crippen molar-refractivity contribution in [2.75, 3.05) is 19.5 Å².